The Labute approximate surface area is 116 Å². The van der Waals surface area contributed by atoms with E-state index in [1.807, 2.05) is 25.6 Å². The largest absolute Gasteiger partial charge is 0.483 e. The lowest BCUT2D eigenvalue weighted by molar-refractivity contribution is 0.0792. The highest BCUT2D eigenvalue weighted by atomic mass is 16.5. The summed E-state index contributed by atoms with van der Waals surface area (Å²) in [5, 5.41) is 7.77. The van der Waals surface area contributed by atoms with Crippen molar-refractivity contribution in [2.75, 3.05) is 26.8 Å². The van der Waals surface area contributed by atoms with Crippen molar-refractivity contribution in [2.24, 2.45) is 13.0 Å². The zero-order valence-electron chi connectivity index (χ0n) is 13.0. The van der Waals surface area contributed by atoms with Crippen LogP contribution < -0.4 is 10.1 Å². The second kappa shape index (κ2) is 7.50. The van der Waals surface area contributed by atoms with Crippen molar-refractivity contribution < 1.29 is 9.47 Å². The molecule has 0 amide bonds. The zero-order valence-corrected chi connectivity index (χ0v) is 13.0. The minimum absolute atomic E-state index is 0.00495. The Balaban J connectivity index is 2.61. The lowest BCUT2D eigenvalue weighted by Gasteiger charge is -2.20. The van der Waals surface area contributed by atoms with Gasteiger partial charge >= 0.3 is 0 Å². The second-order valence-corrected chi connectivity index (χ2v) is 5.37. The highest BCUT2D eigenvalue weighted by molar-refractivity contribution is 5.32. The molecule has 0 spiro atoms. The van der Waals surface area contributed by atoms with Gasteiger partial charge in [0.05, 0.1) is 12.3 Å². The van der Waals surface area contributed by atoms with Crippen LogP contribution in [-0.2, 0) is 11.8 Å². The van der Waals surface area contributed by atoms with Gasteiger partial charge in [0.15, 0.2) is 5.75 Å². The SMILES string of the molecule is COCC(CNCC(C)C)Oc1c(C)nn(C)c1C. The van der Waals surface area contributed by atoms with Crippen LogP contribution in [0.1, 0.15) is 25.2 Å². The number of nitrogens with one attached hydrogen (secondary N) is 1. The molecule has 1 aromatic rings. The predicted molar refractivity (Wildman–Crippen MR) is 76.7 cm³/mol. The molecular formula is C14H27N3O2. The quantitative estimate of drug-likeness (QED) is 0.780. The first-order chi connectivity index (χ1) is 8.95. The predicted octanol–water partition coefficient (Wildman–Crippen LogP) is 1.68. The van der Waals surface area contributed by atoms with E-state index in [4.69, 9.17) is 9.47 Å². The molecule has 0 saturated carbocycles. The van der Waals surface area contributed by atoms with Crippen molar-refractivity contribution in [1.29, 1.82) is 0 Å². The molecule has 1 aromatic heterocycles. The summed E-state index contributed by atoms with van der Waals surface area (Å²) in [4.78, 5) is 0. The molecule has 1 heterocycles. The molecule has 1 atom stereocenters. The summed E-state index contributed by atoms with van der Waals surface area (Å²) >= 11 is 0. The topological polar surface area (TPSA) is 48.3 Å². The van der Waals surface area contributed by atoms with Crippen molar-refractivity contribution in [3.8, 4) is 5.75 Å². The molecule has 0 aliphatic carbocycles. The van der Waals surface area contributed by atoms with E-state index in [1.165, 1.54) is 0 Å². The van der Waals surface area contributed by atoms with Crippen LogP contribution in [0.2, 0.25) is 0 Å². The van der Waals surface area contributed by atoms with Crippen molar-refractivity contribution in [1.82, 2.24) is 15.1 Å². The number of ether oxygens (including phenoxy) is 2. The van der Waals surface area contributed by atoms with Crippen LogP contribution >= 0.6 is 0 Å². The van der Waals surface area contributed by atoms with Gasteiger partial charge in [-0.3, -0.25) is 4.68 Å². The highest BCUT2D eigenvalue weighted by Crippen LogP contribution is 2.22. The molecule has 0 aromatic carbocycles. The van der Waals surface area contributed by atoms with E-state index in [0.29, 0.717) is 12.5 Å². The number of nitrogens with zero attached hydrogens (tertiary/aromatic N) is 2. The Kier molecular flexibility index (Phi) is 6.31. The molecule has 1 unspecified atom stereocenters. The zero-order chi connectivity index (χ0) is 14.4. The molecule has 5 nitrogen and oxygen atoms in total. The normalized spacial score (nSPS) is 13.0. The molecule has 0 fully saturated rings. The molecule has 110 valence electrons. The highest BCUT2D eigenvalue weighted by Gasteiger charge is 2.17. The minimum Gasteiger partial charge on any atom is -0.483 e. The Morgan fingerprint density at radius 1 is 1.26 bits per heavy atom. The van der Waals surface area contributed by atoms with Gasteiger partial charge in [0.2, 0.25) is 0 Å². The van der Waals surface area contributed by atoms with Crippen molar-refractivity contribution in [2.45, 2.75) is 33.8 Å². The molecule has 19 heavy (non-hydrogen) atoms. The van der Waals surface area contributed by atoms with Crippen LogP contribution in [0.3, 0.4) is 0 Å². The third-order valence-corrected chi connectivity index (χ3v) is 3.00. The molecule has 0 aliphatic heterocycles. The van der Waals surface area contributed by atoms with Gasteiger partial charge in [-0.15, -0.1) is 0 Å². The maximum Gasteiger partial charge on any atom is 0.163 e. The Hall–Kier alpha value is -1.07. The lowest BCUT2D eigenvalue weighted by Crippen LogP contribution is -2.36. The van der Waals surface area contributed by atoms with Gasteiger partial charge in [-0.05, 0) is 26.3 Å². The number of aromatic nitrogens is 2. The number of methoxy groups -OCH3 is 1. The summed E-state index contributed by atoms with van der Waals surface area (Å²) in [5.41, 5.74) is 1.97. The summed E-state index contributed by atoms with van der Waals surface area (Å²) in [6.07, 6.45) is 0.00495. The summed E-state index contributed by atoms with van der Waals surface area (Å²) in [5.74, 6) is 1.50. The fraction of sp³-hybridized carbons (Fsp3) is 0.786. The van der Waals surface area contributed by atoms with Gasteiger partial charge in [-0.2, -0.15) is 5.10 Å². The van der Waals surface area contributed by atoms with Crippen molar-refractivity contribution >= 4 is 0 Å². The van der Waals surface area contributed by atoms with E-state index in [2.05, 4.69) is 24.3 Å². The molecule has 1 N–H and O–H groups in total. The number of rotatable bonds is 8. The summed E-state index contributed by atoms with van der Waals surface area (Å²) in [7, 11) is 3.62. The van der Waals surface area contributed by atoms with E-state index in [0.717, 1.165) is 30.2 Å². The number of hydrogen-bond acceptors (Lipinski definition) is 4. The van der Waals surface area contributed by atoms with Gasteiger partial charge < -0.3 is 14.8 Å². The third-order valence-electron chi connectivity index (χ3n) is 3.00. The first kappa shape index (κ1) is 16.0. The van der Waals surface area contributed by atoms with Crippen LogP contribution in [0.4, 0.5) is 0 Å². The van der Waals surface area contributed by atoms with Gasteiger partial charge in [0.25, 0.3) is 0 Å². The summed E-state index contributed by atoms with van der Waals surface area (Å²) in [6, 6.07) is 0. The summed E-state index contributed by atoms with van der Waals surface area (Å²) in [6.45, 7) is 10.7. The third kappa shape index (κ3) is 4.84. The molecule has 0 radical (unpaired) electrons. The maximum atomic E-state index is 6.05. The average Bonchev–Trinajstić information content (AvgIpc) is 2.55. The number of aryl methyl sites for hydroxylation is 2. The van der Waals surface area contributed by atoms with E-state index in [-0.39, 0.29) is 6.10 Å². The Morgan fingerprint density at radius 3 is 2.42 bits per heavy atom. The minimum atomic E-state index is 0.00495. The molecular weight excluding hydrogens is 242 g/mol. The maximum absolute atomic E-state index is 6.05. The van der Waals surface area contributed by atoms with Gasteiger partial charge in [0, 0.05) is 20.7 Å². The monoisotopic (exact) mass is 269 g/mol. The fourth-order valence-corrected chi connectivity index (χ4v) is 1.94. The molecule has 0 saturated heterocycles. The molecule has 0 bridgehead atoms. The van der Waals surface area contributed by atoms with Crippen LogP contribution in [-0.4, -0.2) is 42.7 Å². The first-order valence-corrected chi connectivity index (χ1v) is 6.82. The van der Waals surface area contributed by atoms with Crippen molar-refractivity contribution in [3.63, 3.8) is 0 Å². The first-order valence-electron chi connectivity index (χ1n) is 6.82. The van der Waals surface area contributed by atoms with E-state index >= 15 is 0 Å². The average molecular weight is 269 g/mol. The van der Waals surface area contributed by atoms with Crippen LogP contribution in [0.15, 0.2) is 0 Å². The number of hydrogen-bond donors (Lipinski definition) is 1. The Morgan fingerprint density at radius 2 is 1.95 bits per heavy atom. The fourth-order valence-electron chi connectivity index (χ4n) is 1.94. The smallest absolute Gasteiger partial charge is 0.163 e. The van der Waals surface area contributed by atoms with Gasteiger partial charge in [-0.25, -0.2) is 0 Å². The van der Waals surface area contributed by atoms with Crippen LogP contribution in [0.5, 0.6) is 5.75 Å². The van der Waals surface area contributed by atoms with E-state index in [9.17, 15) is 0 Å². The van der Waals surface area contributed by atoms with Crippen LogP contribution in [0.25, 0.3) is 0 Å². The van der Waals surface area contributed by atoms with Gasteiger partial charge in [0.1, 0.15) is 11.8 Å². The Bertz CT molecular complexity index is 388. The van der Waals surface area contributed by atoms with Gasteiger partial charge in [-0.1, -0.05) is 13.8 Å². The summed E-state index contributed by atoms with van der Waals surface area (Å²) < 4.78 is 13.1. The van der Waals surface area contributed by atoms with E-state index < -0.39 is 0 Å². The molecule has 0 aliphatic rings. The molecule has 5 heteroatoms. The lowest BCUT2D eigenvalue weighted by atomic mass is 10.2. The molecule has 1 rings (SSSR count). The van der Waals surface area contributed by atoms with Crippen molar-refractivity contribution in [3.05, 3.63) is 11.4 Å². The standard InChI is InChI=1S/C14H27N3O2/c1-10(2)7-15-8-13(9-18-6)19-14-11(3)16-17(5)12(14)4/h10,13,15H,7-9H2,1-6H3. The second-order valence-electron chi connectivity index (χ2n) is 5.37. The van der Waals surface area contributed by atoms with Crippen LogP contribution in [0, 0.1) is 19.8 Å². The van der Waals surface area contributed by atoms with E-state index in [1.54, 1.807) is 7.11 Å².